The monoisotopic (exact) mass is 706 g/mol. The number of nitrogens with zero attached hydrogens (tertiary/aromatic N) is 2. The molecule has 3 nitrogen and oxygen atoms in total. The van der Waals surface area contributed by atoms with E-state index < -0.39 is 0 Å². The summed E-state index contributed by atoms with van der Waals surface area (Å²) in [6.07, 6.45) is 5.50. The first-order valence-electron chi connectivity index (χ1n) is 19.1. The summed E-state index contributed by atoms with van der Waals surface area (Å²) in [6, 6.07) is 61.5. The Kier molecular flexibility index (Phi) is 6.96. The van der Waals surface area contributed by atoms with Crippen molar-refractivity contribution < 1.29 is 4.74 Å². The Morgan fingerprint density at radius 2 is 1.04 bits per heavy atom. The normalized spacial score (nSPS) is 14.4. The van der Waals surface area contributed by atoms with Gasteiger partial charge in [-0.2, -0.15) is 0 Å². The number of hydrogen-bond acceptors (Lipinski definition) is 3. The van der Waals surface area contributed by atoms with E-state index in [1.54, 1.807) is 0 Å². The van der Waals surface area contributed by atoms with Gasteiger partial charge in [-0.1, -0.05) is 141 Å². The molecule has 3 aliphatic rings. The van der Waals surface area contributed by atoms with Crippen molar-refractivity contribution in [2.45, 2.75) is 25.7 Å². The molecule has 0 bridgehead atoms. The predicted octanol–water partition coefficient (Wildman–Crippen LogP) is 14.3. The van der Waals surface area contributed by atoms with Crippen LogP contribution in [0.1, 0.15) is 47.2 Å². The predicted molar refractivity (Wildman–Crippen MR) is 229 cm³/mol. The van der Waals surface area contributed by atoms with Crippen molar-refractivity contribution in [1.82, 2.24) is 0 Å². The van der Waals surface area contributed by atoms with E-state index in [-0.39, 0.29) is 5.41 Å². The number of hydrogen-bond donors (Lipinski definition) is 0. The lowest BCUT2D eigenvalue weighted by atomic mass is 9.81. The van der Waals surface area contributed by atoms with Crippen LogP contribution in [0.15, 0.2) is 170 Å². The SMILES string of the molecule is CC1(C)c2cc(/C=C/c3ccc(N4c5ccccc5Oc5ccccc54)c4ccccc34)ccc2-c2ccc(N3c4ccccc4Cc4ccccc43)cc21. The summed E-state index contributed by atoms with van der Waals surface area (Å²) in [5, 5.41) is 2.40. The summed E-state index contributed by atoms with van der Waals surface area (Å²) >= 11 is 0. The Morgan fingerprint density at radius 3 is 1.73 bits per heavy atom. The molecular weight excluding hydrogens is 669 g/mol. The van der Waals surface area contributed by atoms with Crippen molar-refractivity contribution in [2.24, 2.45) is 0 Å². The molecule has 1 aliphatic carbocycles. The molecule has 0 N–H and O–H groups in total. The second-order valence-electron chi connectivity index (χ2n) is 15.4. The molecule has 3 heteroatoms. The summed E-state index contributed by atoms with van der Waals surface area (Å²) in [7, 11) is 0. The number of anilines is 6. The van der Waals surface area contributed by atoms with Gasteiger partial charge in [0.25, 0.3) is 0 Å². The van der Waals surface area contributed by atoms with E-state index in [0.717, 1.165) is 35.0 Å². The maximum Gasteiger partial charge on any atom is 0.151 e. The lowest BCUT2D eigenvalue weighted by molar-refractivity contribution is 0.477. The number of benzene rings is 8. The molecule has 0 saturated heterocycles. The highest BCUT2D eigenvalue weighted by Crippen LogP contribution is 2.54. The number of para-hydroxylation sites is 6. The van der Waals surface area contributed by atoms with E-state index in [9.17, 15) is 0 Å². The number of fused-ring (bicyclic) bond motifs is 8. The van der Waals surface area contributed by atoms with Gasteiger partial charge in [0.1, 0.15) is 0 Å². The van der Waals surface area contributed by atoms with Gasteiger partial charge >= 0.3 is 0 Å². The van der Waals surface area contributed by atoms with Gasteiger partial charge in [0.15, 0.2) is 11.5 Å². The van der Waals surface area contributed by atoms with Gasteiger partial charge in [-0.15, -0.1) is 0 Å². The Morgan fingerprint density at radius 1 is 0.473 bits per heavy atom. The second kappa shape index (κ2) is 12.1. The van der Waals surface area contributed by atoms with Crippen LogP contribution in [0.3, 0.4) is 0 Å². The summed E-state index contributed by atoms with van der Waals surface area (Å²) in [5.41, 5.74) is 17.3. The highest BCUT2D eigenvalue weighted by atomic mass is 16.5. The van der Waals surface area contributed by atoms with E-state index in [2.05, 4.69) is 181 Å². The first-order chi connectivity index (χ1) is 27.0. The van der Waals surface area contributed by atoms with Crippen molar-refractivity contribution in [2.75, 3.05) is 9.80 Å². The molecule has 262 valence electrons. The van der Waals surface area contributed by atoms with E-state index >= 15 is 0 Å². The molecule has 55 heavy (non-hydrogen) atoms. The standard InChI is InChI=1S/C52H38N2O/c1-52(2)43-31-34(24-28-40(43)41-29-27-38(33-44(41)52)53-45-17-7-3-13-36(45)32-37-14-4-8-18-46(37)53)23-25-35-26-30-47(42-16-6-5-15-39(35)42)54-48-19-9-11-21-50(48)55-51-22-12-10-20-49(51)54/h3-31,33H,32H2,1-2H3/b25-23+. The fraction of sp³-hybridized carbons (Fsp3) is 0.0769. The average molecular weight is 707 g/mol. The lowest BCUT2D eigenvalue weighted by Crippen LogP contribution is -2.20. The van der Waals surface area contributed by atoms with E-state index in [1.165, 1.54) is 72.3 Å². The molecule has 8 aromatic rings. The molecule has 0 fully saturated rings. The molecule has 0 radical (unpaired) electrons. The molecule has 0 spiro atoms. The zero-order chi connectivity index (χ0) is 36.7. The van der Waals surface area contributed by atoms with Crippen LogP contribution >= 0.6 is 0 Å². The second-order valence-corrected chi connectivity index (χ2v) is 15.4. The van der Waals surface area contributed by atoms with Crippen molar-refractivity contribution in [3.63, 3.8) is 0 Å². The Hall–Kier alpha value is -6.84. The first-order valence-corrected chi connectivity index (χ1v) is 19.1. The fourth-order valence-corrected chi connectivity index (χ4v) is 9.15. The Balaban J connectivity index is 0.949. The van der Waals surface area contributed by atoms with Crippen LogP contribution in [-0.4, -0.2) is 0 Å². The van der Waals surface area contributed by atoms with Gasteiger partial charge in [0.05, 0.1) is 17.1 Å². The van der Waals surface area contributed by atoms with Crippen LogP contribution in [-0.2, 0) is 11.8 Å². The zero-order valence-corrected chi connectivity index (χ0v) is 30.8. The first kappa shape index (κ1) is 31.7. The minimum Gasteiger partial charge on any atom is -0.453 e. The smallest absolute Gasteiger partial charge is 0.151 e. The quantitative estimate of drug-likeness (QED) is 0.169. The zero-order valence-electron chi connectivity index (χ0n) is 30.8. The van der Waals surface area contributed by atoms with Crippen molar-refractivity contribution in [3.05, 3.63) is 203 Å². The van der Waals surface area contributed by atoms with E-state index in [0.29, 0.717) is 0 Å². The molecule has 0 unspecified atom stereocenters. The van der Waals surface area contributed by atoms with Crippen LogP contribution in [0.5, 0.6) is 11.5 Å². The molecule has 8 aromatic carbocycles. The summed E-state index contributed by atoms with van der Waals surface area (Å²) < 4.78 is 6.32. The topological polar surface area (TPSA) is 15.7 Å². The molecule has 2 aliphatic heterocycles. The maximum atomic E-state index is 6.32. The average Bonchev–Trinajstić information content (AvgIpc) is 3.45. The van der Waals surface area contributed by atoms with Crippen LogP contribution in [0, 0.1) is 0 Å². The molecule has 0 atom stereocenters. The highest BCUT2D eigenvalue weighted by Gasteiger charge is 2.37. The van der Waals surface area contributed by atoms with Gasteiger partial charge < -0.3 is 14.5 Å². The fourth-order valence-electron chi connectivity index (χ4n) is 9.15. The molecule has 11 rings (SSSR count). The molecule has 0 aromatic heterocycles. The van der Waals surface area contributed by atoms with Crippen molar-refractivity contribution in [1.29, 1.82) is 0 Å². The van der Waals surface area contributed by atoms with E-state index in [1.807, 2.05) is 24.3 Å². The number of rotatable bonds is 4. The van der Waals surface area contributed by atoms with Gasteiger partial charge in [-0.05, 0) is 104 Å². The van der Waals surface area contributed by atoms with Crippen LogP contribution < -0.4 is 14.5 Å². The third-order valence-electron chi connectivity index (χ3n) is 11.9. The molecular formula is C52H38N2O. The van der Waals surface area contributed by atoms with Crippen molar-refractivity contribution >= 4 is 57.0 Å². The van der Waals surface area contributed by atoms with Crippen LogP contribution in [0.2, 0.25) is 0 Å². The lowest BCUT2D eigenvalue weighted by Gasteiger charge is -2.34. The highest BCUT2D eigenvalue weighted by molar-refractivity contribution is 6.05. The van der Waals surface area contributed by atoms with Gasteiger partial charge in [-0.3, -0.25) is 0 Å². The van der Waals surface area contributed by atoms with Crippen LogP contribution in [0.25, 0.3) is 34.1 Å². The Labute approximate surface area is 322 Å². The minimum absolute atomic E-state index is 0.154. The minimum atomic E-state index is -0.154. The Bertz CT molecular complexity index is 2790. The molecule has 0 amide bonds. The van der Waals surface area contributed by atoms with Crippen LogP contribution in [0.4, 0.5) is 34.1 Å². The third kappa shape index (κ3) is 4.90. The summed E-state index contributed by atoms with van der Waals surface area (Å²) in [4.78, 5) is 4.78. The summed E-state index contributed by atoms with van der Waals surface area (Å²) in [5.74, 6) is 1.71. The van der Waals surface area contributed by atoms with E-state index in [4.69, 9.17) is 4.74 Å². The van der Waals surface area contributed by atoms with Gasteiger partial charge in [0, 0.05) is 34.3 Å². The van der Waals surface area contributed by atoms with Gasteiger partial charge in [0.2, 0.25) is 0 Å². The summed E-state index contributed by atoms with van der Waals surface area (Å²) in [6.45, 7) is 4.75. The van der Waals surface area contributed by atoms with Crippen molar-refractivity contribution in [3.8, 4) is 22.6 Å². The largest absolute Gasteiger partial charge is 0.453 e. The molecule has 0 saturated carbocycles. The van der Waals surface area contributed by atoms with Gasteiger partial charge in [-0.25, -0.2) is 0 Å². The maximum absolute atomic E-state index is 6.32. The third-order valence-corrected chi connectivity index (χ3v) is 11.9. The molecule has 2 heterocycles. The number of ether oxygens (including phenoxy) is 1.